The third kappa shape index (κ3) is 4.36. The Morgan fingerprint density at radius 2 is 1.85 bits per heavy atom. The maximum Gasteiger partial charge on any atom is 0.309 e. The smallest absolute Gasteiger partial charge is 0.309 e. The second kappa shape index (κ2) is 8.53. The molecule has 7 heteroatoms. The fourth-order valence-electron chi connectivity index (χ4n) is 3.08. The third-order valence-corrected chi connectivity index (χ3v) is 4.60. The number of carbonyl (C=O) groups is 3. The number of piperidine rings is 1. The van der Waals surface area contributed by atoms with E-state index in [1.165, 1.54) is 13.4 Å². The maximum absolute atomic E-state index is 12.3. The molecule has 0 spiro atoms. The molecular formula is C20H21NO6. The largest absolute Gasteiger partial charge is 0.496 e. The number of rotatable bonds is 6. The number of likely N-dealkylation sites (tertiary alicyclic amines) is 1. The Kier molecular flexibility index (Phi) is 5.90. The molecule has 0 unspecified atom stereocenters. The van der Waals surface area contributed by atoms with Crippen LogP contribution in [0.5, 0.6) is 5.75 Å². The van der Waals surface area contributed by atoms with Gasteiger partial charge in [0.25, 0.3) is 5.91 Å². The van der Waals surface area contributed by atoms with Crippen molar-refractivity contribution in [1.29, 1.82) is 0 Å². The van der Waals surface area contributed by atoms with E-state index in [9.17, 15) is 14.4 Å². The summed E-state index contributed by atoms with van der Waals surface area (Å²) in [6.07, 6.45) is 2.44. The van der Waals surface area contributed by atoms with E-state index in [0.29, 0.717) is 43.0 Å². The van der Waals surface area contributed by atoms with Gasteiger partial charge in [0.2, 0.25) is 5.78 Å². The number of amides is 1. The number of ketones is 1. The van der Waals surface area contributed by atoms with Crippen LogP contribution in [-0.2, 0) is 9.53 Å². The second-order valence-corrected chi connectivity index (χ2v) is 6.27. The first-order chi connectivity index (χ1) is 13.1. The lowest BCUT2D eigenvalue weighted by Crippen LogP contribution is -2.40. The molecule has 1 amide bonds. The van der Waals surface area contributed by atoms with E-state index in [0.717, 1.165) is 0 Å². The first kappa shape index (κ1) is 18.7. The van der Waals surface area contributed by atoms with Crippen molar-refractivity contribution in [1.82, 2.24) is 4.90 Å². The van der Waals surface area contributed by atoms with Gasteiger partial charge in [-0.2, -0.15) is 0 Å². The summed E-state index contributed by atoms with van der Waals surface area (Å²) in [6.45, 7) is 0.560. The molecule has 0 aliphatic carbocycles. The SMILES string of the molecule is COc1ccccc1C(=O)COC(=O)C1CCN(C(=O)c2ccco2)CC1. The van der Waals surface area contributed by atoms with Crippen molar-refractivity contribution in [2.75, 3.05) is 26.8 Å². The number of Topliss-reactive ketones (excluding diaryl/α,β-unsaturated/α-hetero) is 1. The highest BCUT2D eigenvalue weighted by Gasteiger charge is 2.30. The zero-order chi connectivity index (χ0) is 19.2. The highest BCUT2D eigenvalue weighted by atomic mass is 16.5. The van der Waals surface area contributed by atoms with E-state index in [2.05, 4.69) is 0 Å². The summed E-state index contributed by atoms with van der Waals surface area (Å²) >= 11 is 0. The lowest BCUT2D eigenvalue weighted by atomic mass is 9.97. The van der Waals surface area contributed by atoms with Crippen LogP contribution in [0.2, 0.25) is 0 Å². The van der Waals surface area contributed by atoms with Crippen LogP contribution in [0.4, 0.5) is 0 Å². The van der Waals surface area contributed by atoms with Crippen molar-refractivity contribution >= 4 is 17.7 Å². The molecule has 2 aromatic rings. The normalized spacial score (nSPS) is 14.6. The zero-order valence-corrected chi connectivity index (χ0v) is 15.1. The number of hydrogen-bond donors (Lipinski definition) is 0. The number of methoxy groups -OCH3 is 1. The fourth-order valence-corrected chi connectivity index (χ4v) is 3.08. The van der Waals surface area contributed by atoms with Crippen LogP contribution < -0.4 is 4.74 Å². The number of ether oxygens (including phenoxy) is 2. The van der Waals surface area contributed by atoms with Crippen LogP contribution in [0.3, 0.4) is 0 Å². The highest BCUT2D eigenvalue weighted by molar-refractivity contribution is 6.00. The van der Waals surface area contributed by atoms with Gasteiger partial charge in [-0.3, -0.25) is 14.4 Å². The number of esters is 1. The summed E-state index contributed by atoms with van der Waals surface area (Å²) in [5.74, 6) is -0.495. The molecule has 142 valence electrons. The van der Waals surface area contributed by atoms with E-state index < -0.39 is 5.97 Å². The monoisotopic (exact) mass is 371 g/mol. The molecule has 0 bridgehead atoms. The fraction of sp³-hybridized carbons (Fsp3) is 0.350. The predicted octanol–water partition coefficient (Wildman–Crippen LogP) is 2.57. The molecule has 1 fully saturated rings. The third-order valence-electron chi connectivity index (χ3n) is 4.60. The van der Waals surface area contributed by atoms with Gasteiger partial charge in [0.1, 0.15) is 5.75 Å². The van der Waals surface area contributed by atoms with E-state index in [4.69, 9.17) is 13.9 Å². The van der Waals surface area contributed by atoms with E-state index >= 15 is 0 Å². The molecule has 1 aromatic heterocycles. The van der Waals surface area contributed by atoms with Gasteiger partial charge in [-0.05, 0) is 37.1 Å². The quantitative estimate of drug-likeness (QED) is 0.573. The molecular weight excluding hydrogens is 350 g/mol. The zero-order valence-electron chi connectivity index (χ0n) is 15.1. The van der Waals surface area contributed by atoms with Gasteiger partial charge >= 0.3 is 5.97 Å². The minimum atomic E-state index is -0.414. The molecule has 7 nitrogen and oxygen atoms in total. The molecule has 2 heterocycles. The Bertz CT molecular complexity index is 806. The van der Waals surface area contributed by atoms with Gasteiger partial charge in [0.05, 0.1) is 24.9 Å². The Hall–Kier alpha value is -3.09. The second-order valence-electron chi connectivity index (χ2n) is 6.27. The lowest BCUT2D eigenvalue weighted by Gasteiger charge is -2.30. The molecule has 1 aliphatic rings. The van der Waals surface area contributed by atoms with Gasteiger partial charge in [0.15, 0.2) is 12.4 Å². The molecule has 0 radical (unpaired) electrons. The summed E-state index contributed by atoms with van der Waals surface area (Å²) < 4.78 is 15.5. The van der Waals surface area contributed by atoms with E-state index in [1.807, 2.05) is 0 Å². The number of hydrogen-bond acceptors (Lipinski definition) is 6. The predicted molar refractivity (Wildman–Crippen MR) is 95.6 cm³/mol. The minimum Gasteiger partial charge on any atom is -0.496 e. The first-order valence-electron chi connectivity index (χ1n) is 8.75. The van der Waals surface area contributed by atoms with Crippen LogP contribution in [0, 0.1) is 5.92 Å². The first-order valence-corrected chi connectivity index (χ1v) is 8.75. The highest BCUT2D eigenvalue weighted by Crippen LogP contribution is 2.22. The van der Waals surface area contributed by atoms with Crippen LogP contribution in [0.15, 0.2) is 47.1 Å². The Morgan fingerprint density at radius 3 is 2.52 bits per heavy atom. The Morgan fingerprint density at radius 1 is 1.11 bits per heavy atom. The van der Waals surface area contributed by atoms with Gasteiger partial charge in [-0.15, -0.1) is 0 Å². The number of furan rings is 1. The molecule has 27 heavy (non-hydrogen) atoms. The Balaban J connectivity index is 1.48. The van der Waals surface area contributed by atoms with E-state index in [-0.39, 0.29) is 24.2 Å². The average Bonchev–Trinajstić information content (AvgIpc) is 3.26. The summed E-state index contributed by atoms with van der Waals surface area (Å²) in [5, 5.41) is 0. The van der Waals surface area contributed by atoms with Gasteiger partial charge in [0, 0.05) is 13.1 Å². The van der Waals surface area contributed by atoms with Crippen molar-refractivity contribution in [2.45, 2.75) is 12.8 Å². The van der Waals surface area contributed by atoms with Crippen molar-refractivity contribution in [3.8, 4) is 5.75 Å². The minimum absolute atomic E-state index is 0.182. The molecule has 1 saturated heterocycles. The molecule has 0 N–H and O–H groups in total. The van der Waals surface area contributed by atoms with Crippen molar-refractivity contribution in [2.24, 2.45) is 5.92 Å². The number of benzene rings is 1. The summed E-state index contributed by atoms with van der Waals surface area (Å²) in [4.78, 5) is 38.4. The number of nitrogens with zero attached hydrogens (tertiary/aromatic N) is 1. The summed E-state index contributed by atoms with van der Waals surface area (Å²) in [6, 6.07) is 10.1. The average molecular weight is 371 g/mol. The molecule has 1 aromatic carbocycles. The van der Waals surface area contributed by atoms with Crippen LogP contribution in [-0.4, -0.2) is 49.4 Å². The van der Waals surface area contributed by atoms with Crippen molar-refractivity contribution < 1.29 is 28.3 Å². The maximum atomic E-state index is 12.3. The molecule has 0 atom stereocenters. The Labute approximate surface area is 156 Å². The van der Waals surface area contributed by atoms with Gasteiger partial charge < -0.3 is 18.8 Å². The van der Waals surface area contributed by atoms with Gasteiger partial charge in [-0.25, -0.2) is 0 Å². The summed E-state index contributed by atoms with van der Waals surface area (Å²) in [5.41, 5.74) is 0.381. The van der Waals surface area contributed by atoms with Crippen molar-refractivity contribution in [3.63, 3.8) is 0 Å². The van der Waals surface area contributed by atoms with Crippen LogP contribution in [0.1, 0.15) is 33.8 Å². The van der Waals surface area contributed by atoms with Crippen molar-refractivity contribution in [3.05, 3.63) is 54.0 Å². The van der Waals surface area contributed by atoms with Gasteiger partial charge in [-0.1, -0.05) is 12.1 Å². The number of para-hydroxylation sites is 1. The van der Waals surface area contributed by atoms with Crippen LogP contribution in [0.25, 0.3) is 0 Å². The summed E-state index contributed by atoms with van der Waals surface area (Å²) in [7, 11) is 1.48. The topological polar surface area (TPSA) is 86.0 Å². The standard InChI is InChI=1S/C20H21NO6/c1-25-17-6-3-2-5-15(17)16(22)13-27-20(24)14-8-10-21(11-9-14)19(23)18-7-4-12-26-18/h2-7,12,14H,8-11,13H2,1H3. The molecule has 1 aliphatic heterocycles. The van der Waals surface area contributed by atoms with Crippen LogP contribution >= 0.6 is 0 Å². The molecule has 0 saturated carbocycles. The number of carbonyl (C=O) groups excluding carboxylic acids is 3. The lowest BCUT2D eigenvalue weighted by molar-refractivity contribution is -0.148. The molecule has 3 rings (SSSR count). The van der Waals surface area contributed by atoms with E-state index in [1.54, 1.807) is 41.3 Å².